The second kappa shape index (κ2) is 5.31. The van der Waals surface area contributed by atoms with Gasteiger partial charge in [-0.1, -0.05) is 12.1 Å². The summed E-state index contributed by atoms with van der Waals surface area (Å²) in [6.45, 7) is 0.660. The lowest BCUT2D eigenvalue weighted by molar-refractivity contribution is 0.538. The Morgan fingerprint density at radius 1 is 1.47 bits per heavy atom. The van der Waals surface area contributed by atoms with E-state index in [1.165, 1.54) is 5.75 Å². The van der Waals surface area contributed by atoms with Crippen LogP contribution in [0.25, 0.3) is 10.9 Å². The lowest BCUT2D eigenvalue weighted by Crippen LogP contribution is -2.45. The Bertz CT molecular complexity index is 596. The number of rotatable bonds is 3. The van der Waals surface area contributed by atoms with Crippen molar-refractivity contribution in [3.05, 3.63) is 34.9 Å². The highest BCUT2D eigenvalue weighted by atomic mass is 79.9. The lowest BCUT2D eigenvalue weighted by Gasteiger charge is -2.29. The van der Waals surface area contributed by atoms with Crippen LogP contribution < -0.4 is 11.1 Å². The van der Waals surface area contributed by atoms with Crippen LogP contribution >= 0.6 is 27.7 Å². The smallest absolute Gasteiger partial charge is 0.0934 e. The second-order valence-corrected chi connectivity index (χ2v) is 6.96. The topological polar surface area (TPSA) is 50.9 Å². The minimum absolute atomic E-state index is 0.0215. The van der Waals surface area contributed by atoms with E-state index in [0.717, 1.165) is 33.2 Å². The number of nitrogens with one attached hydrogen (secondary N) is 1. The molecule has 1 atom stereocenters. The number of pyridine rings is 1. The molecule has 1 fully saturated rings. The van der Waals surface area contributed by atoms with Crippen molar-refractivity contribution < 1.29 is 0 Å². The summed E-state index contributed by atoms with van der Waals surface area (Å²) in [4.78, 5) is 4.53. The Kier molecular flexibility index (Phi) is 3.69. The van der Waals surface area contributed by atoms with E-state index >= 15 is 0 Å². The summed E-state index contributed by atoms with van der Waals surface area (Å²) in [5, 5.41) is 4.78. The number of halogens is 1. The number of hydrogen-bond acceptors (Lipinski definition) is 4. The van der Waals surface area contributed by atoms with Crippen molar-refractivity contribution in [1.82, 2.24) is 4.98 Å². The molecule has 0 bridgehead atoms. The number of nitrogens with two attached hydrogens (primary N) is 1. The maximum atomic E-state index is 5.98. The zero-order chi connectivity index (χ0) is 13.3. The number of hydrogen-bond donors (Lipinski definition) is 2. The number of anilines is 1. The third-order valence-electron chi connectivity index (χ3n) is 3.57. The van der Waals surface area contributed by atoms with Gasteiger partial charge in [-0.15, -0.1) is 0 Å². The van der Waals surface area contributed by atoms with Gasteiger partial charge in [0.2, 0.25) is 0 Å². The maximum Gasteiger partial charge on any atom is 0.0934 e. The molecule has 100 valence electrons. The molecule has 0 radical (unpaired) electrons. The van der Waals surface area contributed by atoms with Crippen molar-refractivity contribution in [2.24, 2.45) is 5.73 Å². The molecular formula is C14H16BrN3S. The molecule has 1 aromatic carbocycles. The van der Waals surface area contributed by atoms with Crippen LogP contribution in [-0.2, 0) is 0 Å². The fraction of sp³-hybridized carbons (Fsp3) is 0.357. The minimum Gasteiger partial charge on any atom is -0.376 e. The van der Waals surface area contributed by atoms with Crippen LogP contribution in [0.15, 0.2) is 34.9 Å². The van der Waals surface area contributed by atoms with Gasteiger partial charge in [0, 0.05) is 28.4 Å². The van der Waals surface area contributed by atoms with Crippen molar-refractivity contribution in [3.63, 3.8) is 0 Å². The van der Waals surface area contributed by atoms with Gasteiger partial charge in [-0.3, -0.25) is 4.98 Å². The number of nitrogens with zero attached hydrogens (tertiary/aromatic N) is 1. The number of fused-ring (bicyclic) bond motifs is 1. The minimum atomic E-state index is 0.0215. The maximum absolute atomic E-state index is 5.98. The first kappa shape index (κ1) is 13.2. The predicted octanol–water partition coefficient (Wildman–Crippen LogP) is 3.24. The third kappa shape index (κ3) is 2.59. The van der Waals surface area contributed by atoms with Crippen molar-refractivity contribution in [1.29, 1.82) is 0 Å². The van der Waals surface area contributed by atoms with Crippen LogP contribution in [-0.4, -0.2) is 28.6 Å². The van der Waals surface area contributed by atoms with Crippen molar-refractivity contribution >= 4 is 44.3 Å². The van der Waals surface area contributed by atoms with Crippen LogP contribution in [0.5, 0.6) is 0 Å². The molecule has 0 spiro atoms. The molecule has 3 N–H and O–H groups in total. The Balaban J connectivity index is 2.01. The molecule has 0 aliphatic carbocycles. The molecular weight excluding hydrogens is 322 g/mol. The summed E-state index contributed by atoms with van der Waals surface area (Å²) in [5.41, 5.74) is 8.09. The number of benzene rings is 1. The third-order valence-corrected chi connectivity index (χ3v) is 5.25. The molecule has 3 rings (SSSR count). The molecule has 1 unspecified atom stereocenters. The van der Waals surface area contributed by atoms with Gasteiger partial charge >= 0.3 is 0 Å². The highest BCUT2D eigenvalue weighted by Gasteiger charge is 2.33. The molecule has 5 heteroatoms. The molecule has 0 saturated carbocycles. The molecule has 2 aromatic rings. The van der Waals surface area contributed by atoms with Crippen LogP contribution in [0.3, 0.4) is 0 Å². The average Bonchev–Trinajstić information content (AvgIpc) is 2.88. The summed E-state index contributed by atoms with van der Waals surface area (Å²) in [6.07, 6.45) is 2.95. The van der Waals surface area contributed by atoms with Gasteiger partial charge in [0.05, 0.1) is 16.7 Å². The molecule has 2 heterocycles. The summed E-state index contributed by atoms with van der Waals surface area (Å²) >= 11 is 5.43. The van der Waals surface area contributed by atoms with Gasteiger partial charge < -0.3 is 11.1 Å². The van der Waals surface area contributed by atoms with E-state index in [1.54, 1.807) is 0 Å². The Morgan fingerprint density at radius 2 is 2.37 bits per heavy atom. The van der Waals surface area contributed by atoms with Crippen LogP contribution in [0, 0.1) is 0 Å². The van der Waals surface area contributed by atoms with E-state index in [4.69, 9.17) is 5.73 Å². The van der Waals surface area contributed by atoms with Crippen LogP contribution in [0.2, 0.25) is 0 Å². The summed E-state index contributed by atoms with van der Waals surface area (Å²) < 4.78 is 1.00. The monoisotopic (exact) mass is 337 g/mol. The number of para-hydroxylation sites is 1. The summed E-state index contributed by atoms with van der Waals surface area (Å²) in [7, 11) is 0. The highest BCUT2D eigenvalue weighted by Crippen LogP contribution is 2.33. The number of aromatic nitrogens is 1. The normalized spacial score (nSPS) is 22.8. The van der Waals surface area contributed by atoms with Crippen molar-refractivity contribution in [2.75, 3.05) is 23.4 Å². The Morgan fingerprint density at radius 3 is 3.11 bits per heavy atom. The van der Waals surface area contributed by atoms with Crippen molar-refractivity contribution in [3.8, 4) is 0 Å². The van der Waals surface area contributed by atoms with Gasteiger partial charge in [-0.05, 0) is 40.2 Å². The first-order chi connectivity index (χ1) is 9.22. The van der Waals surface area contributed by atoms with Gasteiger partial charge in [-0.2, -0.15) is 11.8 Å². The summed E-state index contributed by atoms with van der Waals surface area (Å²) in [6, 6.07) is 8.32. The molecule has 19 heavy (non-hydrogen) atoms. The Hall–Kier alpha value is -0.780. The standard InChI is InChI=1S/C14H16BrN3S/c15-11-6-10-2-1-3-12(13(10)17-7-11)18-14(8-16)4-5-19-9-14/h1-3,6-7,18H,4-5,8-9,16H2. The van der Waals surface area contributed by atoms with Gasteiger partial charge in [0.25, 0.3) is 0 Å². The second-order valence-electron chi connectivity index (χ2n) is 4.94. The van der Waals surface area contributed by atoms with Crippen LogP contribution in [0.4, 0.5) is 5.69 Å². The molecule has 0 amide bonds. The van der Waals surface area contributed by atoms with E-state index in [2.05, 4.69) is 50.5 Å². The molecule has 1 aromatic heterocycles. The molecule has 1 aliphatic heterocycles. The first-order valence-corrected chi connectivity index (χ1v) is 8.27. The molecule has 1 aliphatic rings. The largest absolute Gasteiger partial charge is 0.376 e. The predicted molar refractivity (Wildman–Crippen MR) is 86.8 cm³/mol. The van der Waals surface area contributed by atoms with Gasteiger partial charge in [0.15, 0.2) is 0 Å². The fourth-order valence-electron chi connectivity index (χ4n) is 2.44. The highest BCUT2D eigenvalue weighted by molar-refractivity contribution is 9.10. The molecule has 1 saturated heterocycles. The molecule has 3 nitrogen and oxygen atoms in total. The van der Waals surface area contributed by atoms with E-state index in [9.17, 15) is 0 Å². The van der Waals surface area contributed by atoms with Crippen molar-refractivity contribution in [2.45, 2.75) is 12.0 Å². The average molecular weight is 338 g/mol. The number of thioether (sulfide) groups is 1. The quantitative estimate of drug-likeness (QED) is 0.902. The van der Waals surface area contributed by atoms with Gasteiger partial charge in [-0.25, -0.2) is 0 Å². The van der Waals surface area contributed by atoms with Gasteiger partial charge in [0.1, 0.15) is 0 Å². The van der Waals surface area contributed by atoms with E-state index in [-0.39, 0.29) is 5.54 Å². The van der Waals surface area contributed by atoms with E-state index in [1.807, 2.05) is 18.0 Å². The van der Waals surface area contributed by atoms with E-state index < -0.39 is 0 Å². The first-order valence-electron chi connectivity index (χ1n) is 6.33. The zero-order valence-corrected chi connectivity index (χ0v) is 12.9. The zero-order valence-electron chi connectivity index (χ0n) is 10.5. The van der Waals surface area contributed by atoms with Crippen LogP contribution in [0.1, 0.15) is 6.42 Å². The SMILES string of the molecule is NCC1(Nc2cccc3cc(Br)cnc23)CCSC1. The summed E-state index contributed by atoms with van der Waals surface area (Å²) in [5.74, 6) is 2.24. The van der Waals surface area contributed by atoms with E-state index in [0.29, 0.717) is 6.54 Å². The fourth-order valence-corrected chi connectivity index (χ4v) is 4.19. The Labute approximate surface area is 125 Å². The lowest BCUT2D eigenvalue weighted by atomic mass is 9.98.